The van der Waals surface area contributed by atoms with Crippen molar-refractivity contribution in [2.75, 3.05) is 41.7 Å². The molecule has 0 aromatic heterocycles. The average molecular weight is 488 g/mol. The molecule has 1 heterocycles. The van der Waals surface area contributed by atoms with E-state index in [0.29, 0.717) is 24.0 Å². The third kappa shape index (κ3) is 7.13. The van der Waals surface area contributed by atoms with Gasteiger partial charge in [-0.15, -0.1) is 0 Å². The quantitative estimate of drug-likeness (QED) is 0.539. The molecule has 2 atom stereocenters. The summed E-state index contributed by atoms with van der Waals surface area (Å²) in [6.07, 6.45) is 4.47. The van der Waals surface area contributed by atoms with Gasteiger partial charge >= 0.3 is 0 Å². The molecule has 1 N–H and O–H groups in total. The van der Waals surface area contributed by atoms with E-state index in [0.717, 1.165) is 35.6 Å². The first-order chi connectivity index (χ1) is 16.2. The molecule has 3 rings (SSSR count). The van der Waals surface area contributed by atoms with Crippen LogP contribution in [0.3, 0.4) is 0 Å². The summed E-state index contributed by atoms with van der Waals surface area (Å²) < 4.78 is 31.5. The summed E-state index contributed by atoms with van der Waals surface area (Å²) in [7, 11) is -3.64. The fourth-order valence-corrected chi connectivity index (χ4v) is 5.08. The van der Waals surface area contributed by atoms with E-state index >= 15 is 0 Å². The summed E-state index contributed by atoms with van der Waals surface area (Å²) in [5, 5.41) is 2.93. The summed E-state index contributed by atoms with van der Waals surface area (Å²) in [5.74, 6) is 1.00. The Bertz CT molecular complexity index is 1040. The summed E-state index contributed by atoms with van der Waals surface area (Å²) in [5.41, 5.74) is 2.60. The molecule has 34 heavy (non-hydrogen) atoms. The largest absolute Gasteiger partial charge is 0.494 e. The SMILES string of the molecule is CCCOc1ccc(N(CC(=O)NC(C)c2ccc(N3CCCC(C)C3)cc2)S(C)(=O)=O)cc1. The molecule has 1 fully saturated rings. The van der Waals surface area contributed by atoms with Gasteiger partial charge in [0.2, 0.25) is 15.9 Å². The molecule has 1 aliphatic heterocycles. The van der Waals surface area contributed by atoms with Crippen LogP contribution in [0.2, 0.25) is 0 Å². The van der Waals surface area contributed by atoms with Crippen molar-refractivity contribution in [2.24, 2.45) is 5.92 Å². The van der Waals surface area contributed by atoms with Crippen LogP contribution in [0.25, 0.3) is 0 Å². The Balaban J connectivity index is 1.62. The van der Waals surface area contributed by atoms with E-state index < -0.39 is 10.0 Å². The van der Waals surface area contributed by atoms with E-state index in [1.54, 1.807) is 24.3 Å². The van der Waals surface area contributed by atoms with Gasteiger partial charge in [0, 0.05) is 18.8 Å². The summed E-state index contributed by atoms with van der Waals surface area (Å²) in [6.45, 7) is 8.65. The number of rotatable bonds is 10. The number of amides is 1. The third-order valence-corrected chi connectivity index (χ3v) is 7.22. The first-order valence-electron chi connectivity index (χ1n) is 12.0. The summed E-state index contributed by atoms with van der Waals surface area (Å²) in [4.78, 5) is 15.2. The number of carbonyl (C=O) groups excluding carboxylic acids is 1. The van der Waals surface area contributed by atoms with Crippen LogP contribution in [0, 0.1) is 5.92 Å². The van der Waals surface area contributed by atoms with E-state index in [2.05, 4.69) is 29.3 Å². The highest BCUT2D eigenvalue weighted by Gasteiger charge is 2.22. The van der Waals surface area contributed by atoms with Crippen LogP contribution in [0.1, 0.15) is 51.6 Å². The Morgan fingerprint density at radius 2 is 1.85 bits per heavy atom. The Morgan fingerprint density at radius 3 is 2.44 bits per heavy atom. The fourth-order valence-electron chi connectivity index (χ4n) is 4.23. The Labute approximate surface area is 204 Å². The molecule has 2 aromatic rings. The van der Waals surface area contributed by atoms with E-state index in [-0.39, 0.29) is 18.5 Å². The lowest BCUT2D eigenvalue weighted by atomic mass is 9.99. The first kappa shape index (κ1) is 25.9. The molecule has 0 saturated carbocycles. The maximum atomic E-state index is 12.8. The number of carbonyl (C=O) groups is 1. The van der Waals surface area contributed by atoms with Crippen LogP contribution < -0.4 is 19.3 Å². The van der Waals surface area contributed by atoms with E-state index in [1.165, 1.54) is 18.5 Å². The minimum atomic E-state index is -3.64. The van der Waals surface area contributed by atoms with Gasteiger partial charge in [0.15, 0.2) is 0 Å². The smallest absolute Gasteiger partial charge is 0.241 e. The van der Waals surface area contributed by atoms with Gasteiger partial charge in [-0.2, -0.15) is 0 Å². The van der Waals surface area contributed by atoms with Gasteiger partial charge < -0.3 is 15.0 Å². The molecule has 1 aliphatic rings. The van der Waals surface area contributed by atoms with Crippen LogP contribution in [-0.2, 0) is 14.8 Å². The molecule has 186 valence electrons. The zero-order valence-corrected chi connectivity index (χ0v) is 21.5. The number of hydrogen-bond acceptors (Lipinski definition) is 5. The van der Waals surface area contributed by atoms with Gasteiger partial charge in [0.1, 0.15) is 12.3 Å². The molecular formula is C26H37N3O4S. The molecule has 1 amide bonds. The number of piperidine rings is 1. The highest BCUT2D eigenvalue weighted by molar-refractivity contribution is 7.92. The number of nitrogens with one attached hydrogen (secondary N) is 1. The summed E-state index contributed by atoms with van der Waals surface area (Å²) in [6, 6.07) is 14.8. The van der Waals surface area contributed by atoms with Crippen molar-refractivity contribution in [3.05, 3.63) is 54.1 Å². The number of sulfonamides is 1. The van der Waals surface area contributed by atoms with Gasteiger partial charge in [-0.25, -0.2) is 8.42 Å². The highest BCUT2D eigenvalue weighted by atomic mass is 32.2. The van der Waals surface area contributed by atoms with Crippen molar-refractivity contribution >= 4 is 27.3 Å². The zero-order chi connectivity index (χ0) is 24.7. The van der Waals surface area contributed by atoms with Crippen LogP contribution in [-0.4, -0.2) is 46.8 Å². The Hall–Kier alpha value is -2.74. The fraction of sp³-hybridized carbons (Fsp3) is 0.500. The molecule has 0 bridgehead atoms. The van der Waals surface area contributed by atoms with E-state index in [4.69, 9.17) is 4.74 Å². The maximum absolute atomic E-state index is 12.8. The normalized spacial score (nSPS) is 17.2. The van der Waals surface area contributed by atoms with Crippen molar-refractivity contribution in [1.82, 2.24) is 5.32 Å². The standard InChI is InChI=1S/C26H37N3O4S/c1-5-17-33-25-14-12-24(13-15-25)29(34(4,31)32)19-26(30)27-21(3)22-8-10-23(11-9-22)28-16-6-7-20(2)18-28/h8-15,20-21H,5-7,16-19H2,1-4H3,(H,27,30). The van der Waals surface area contributed by atoms with Crippen LogP contribution >= 0.6 is 0 Å². The molecule has 2 unspecified atom stereocenters. The van der Waals surface area contributed by atoms with E-state index in [1.807, 2.05) is 26.0 Å². The molecule has 0 aliphatic carbocycles. The number of ether oxygens (including phenoxy) is 1. The van der Waals surface area contributed by atoms with Gasteiger partial charge in [0.25, 0.3) is 0 Å². The molecule has 7 nitrogen and oxygen atoms in total. The third-order valence-electron chi connectivity index (χ3n) is 6.08. The topological polar surface area (TPSA) is 79.0 Å². The van der Waals surface area contributed by atoms with Crippen LogP contribution in [0.15, 0.2) is 48.5 Å². The lowest BCUT2D eigenvalue weighted by Crippen LogP contribution is -2.41. The highest BCUT2D eigenvalue weighted by Crippen LogP contribution is 2.25. The van der Waals surface area contributed by atoms with Gasteiger partial charge in [0.05, 0.1) is 24.6 Å². The van der Waals surface area contributed by atoms with Gasteiger partial charge in [-0.1, -0.05) is 26.0 Å². The average Bonchev–Trinajstić information content (AvgIpc) is 2.81. The Morgan fingerprint density at radius 1 is 1.18 bits per heavy atom. The molecule has 2 aromatic carbocycles. The van der Waals surface area contributed by atoms with Crippen molar-refractivity contribution in [1.29, 1.82) is 0 Å². The summed E-state index contributed by atoms with van der Waals surface area (Å²) >= 11 is 0. The monoisotopic (exact) mass is 487 g/mol. The maximum Gasteiger partial charge on any atom is 0.241 e. The van der Waals surface area contributed by atoms with Crippen molar-refractivity contribution in [2.45, 2.75) is 46.1 Å². The second-order valence-electron chi connectivity index (χ2n) is 9.19. The lowest BCUT2D eigenvalue weighted by Gasteiger charge is -2.33. The molecule has 0 radical (unpaired) electrons. The second-order valence-corrected chi connectivity index (χ2v) is 11.1. The predicted molar refractivity (Wildman–Crippen MR) is 138 cm³/mol. The van der Waals surface area contributed by atoms with Gasteiger partial charge in [-0.3, -0.25) is 9.10 Å². The first-order valence-corrected chi connectivity index (χ1v) is 13.9. The number of nitrogens with zero attached hydrogens (tertiary/aromatic N) is 2. The molecule has 8 heteroatoms. The number of benzene rings is 2. The van der Waals surface area contributed by atoms with Gasteiger partial charge in [-0.05, 0) is 74.1 Å². The van der Waals surface area contributed by atoms with Crippen LogP contribution in [0.4, 0.5) is 11.4 Å². The predicted octanol–water partition coefficient (Wildman–Crippen LogP) is 4.36. The van der Waals surface area contributed by atoms with E-state index in [9.17, 15) is 13.2 Å². The lowest BCUT2D eigenvalue weighted by molar-refractivity contribution is -0.120. The minimum Gasteiger partial charge on any atom is -0.494 e. The molecule has 0 spiro atoms. The van der Waals surface area contributed by atoms with Crippen molar-refractivity contribution < 1.29 is 17.9 Å². The minimum absolute atomic E-state index is 0.243. The zero-order valence-electron chi connectivity index (χ0n) is 20.7. The Kier molecular flexibility index (Phi) is 8.83. The number of anilines is 2. The second kappa shape index (κ2) is 11.6. The molecular weight excluding hydrogens is 450 g/mol. The van der Waals surface area contributed by atoms with Crippen molar-refractivity contribution in [3.63, 3.8) is 0 Å². The number of hydrogen-bond donors (Lipinski definition) is 1. The van der Waals surface area contributed by atoms with Crippen molar-refractivity contribution in [3.8, 4) is 5.75 Å². The molecule has 1 saturated heterocycles. The van der Waals surface area contributed by atoms with Crippen LogP contribution in [0.5, 0.6) is 5.75 Å².